The highest BCUT2D eigenvalue weighted by Gasteiger charge is 2.26. The lowest BCUT2D eigenvalue weighted by Gasteiger charge is -2.06. The number of nitrogens with two attached hydrogens (primary N) is 1. The molecule has 0 bridgehead atoms. The van der Waals surface area contributed by atoms with E-state index in [-0.39, 0.29) is 17.4 Å². The van der Waals surface area contributed by atoms with Gasteiger partial charge in [0, 0.05) is 36.3 Å². The van der Waals surface area contributed by atoms with Gasteiger partial charge in [0.15, 0.2) is 13.7 Å². The number of anilines is 1. The van der Waals surface area contributed by atoms with Gasteiger partial charge >= 0.3 is 0 Å². The maximum Gasteiger partial charge on any atom is 0.251 e. The number of benzene rings is 1. The van der Waals surface area contributed by atoms with Crippen molar-refractivity contribution in [2.45, 2.75) is 12.5 Å². The summed E-state index contributed by atoms with van der Waals surface area (Å²) < 4.78 is 0. The second-order valence-corrected chi connectivity index (χ2v) is 7.91. The third-order valence-electron chi connectivity index (χ3n) is 4.82. The van der Waals surface area contributed by atoms with Crippen LogP contribution >= 0.6 is 11.3 Å². The van der Waals surface area contributed by atoms with E-state index in [2.05, 4.69) is 26.0 Å². The highest BCUT2D eigenvalue weighted by molar-refractivity contribution is 7.13. The van der Waals surface area contributed by atoms with Gasteiger partial charge in [-0.25, -0.2) is 19.9 Å². The first-order chi connectivity index (χ1) is 14.9. The number of aliphatic hydroxyl groups excluding tert-OH is 1. The molecule has 1 aliphatic heterocycles. The van der Waals surface area contributed by atoms with Gasteiger partial charge in [-0.3, -0.25) is 4.79 Å². The van der Waals surface area contributed by atoms with E-state index in [0.717, 1.165) is 21.8 Å². The zero-order valence-electron chi connectivity index (χ0n) is 16.8. The number of carbonyl (C=O) groups excluding carboxylic acids is 1. The number of carbonyl (C=O) groups is 1. The number of hydrogen-bond acceptors (Lipinski definition) is 8. The van der Waals surface area contributed by atoms with Crippen LogP contribution in [0.3, 0.4) is 0 Å². The van der Waals surface area contributed by atoms with Crippen LogP contribution in [0.25, 0.3) is 32.9 Å². The lowest BCUT2D eigenvalue weighted by atomic mass is 10.1. The van der Waals surface area contributed by atoms with Crippen molar-refractivity contribution in [2.24, 2.45) is 0 Å². The maximum atomic E-state index is 10.6. The number of pyridine rings is 1. The standard InChI is InChI=1S/C16H10BN5S.C5H9NO2/c17-16-21-12-5-4-11(20-13(12)14(18)22-16)9-2-1-3-10(8-9)15-19-6-7-23-15;1-6-3-2-4(7)5(6)8/h1-8H,(H2,18,21,22);4,7H,2-3H2,1H3/t;4-/m.0/s1. The second kappa shape index (κ2) is 8.79. The van der Waals surface area contributed by atoms with Crippen molar-refractivity contribution in [1.82, 2.24) is 24.8 Å². The van der Waals surface area contributed by atoms with Crippen molar-refractivity contribution in [3.8, 4) is 21.8 Å². The summed E-state index contributed by atoms with van der Waals surface area (Å²) >= 11 is 1.60. The molecular weight excluding hydrogens is 411 g/mol. The number of fused-ring (bicyclic) bond motifs is 1. The highest BCUT2D eigenvalue weighted by atomic mass is 32.1. The smallest absolute Gasteiger partial charge is 0.251 e. The Labute approximate surface area is 184 Å². The number of likely N-dealkylation sites (N-methyl/N-ethyl adjacent to an activating group) is 1. The van der Waals surface area contributed by atoms with Crippen molar-refractivity contribution < 1.29 is 9.90 Å². The molecule has 0 aliphatic carbocycles. The Hall–Kier alpha value is -3.37. The fourth-order valence-corrected chi connectivity index (χ4v) is 3.83. The number of aromatic nitrogens is 4. The zero-order chi connectivity index (χ0) is 22.0. The predicted octanol–water partition coefficient (Wildman–Crippen LogP) is 1.40. The molecule has 5 rings (SSSR count). The molecule has 31 heavy (non-hydrogen) atoms. The van der Waals surface area contributed by atoms with E-state index < -0.39 is 6.10 Å². The van der Waals surface area contributed by atoms with Gasteiger partial charge in [-0.15, -0.1) is 11.3 Å². The van der Waals surface area contributed by atoms with Crippen LogP contribution in [0.4, 0.5) is 5.82 Å². The van der Waals surface area contributed by atoms with E-state index in [1.165, 1.54) is 4.90 Å². The second-order valence-electron chi connectivity index (χ2n) is 7.01. The molecule has 1 aromatic carbocycles. The number of nitrogens with zero attached hydrogens (tertiary/aromatic N) is 5. The van der Waals surface area contributed by atoms with Gasteiger partial charge in [-0.05, 0) is 24.6 Å². The summed E-state index contributed by atoms with van der Waals surface area (Å²) in [7, 11) is 7.31. The Morgan fingerprint density at radius 2 is 2.00 bits per heavy atom. The van der Waals surface area contributed by atoms with E-state index in [4.69, 9.17) is 18.7 Å². The monoisotopic (exact) mass is 430 g/mol. The Kier molecular flexibility index (Phi) is 5.92. The quantitative estimate of drug-likeness (QED) is 0.462. The molecule has 1 amide bonds. The lowest BCUT2D eigenvalue weighted by molar-refractivity contribution is -0.133. The minimum atomic E-state index is -0.722. The van der Waals surface area contributed by atoms with Crippen molar-refractivity contribution in [3.63, 3.8) is 0 Å². The number of amides is 1. The van der Waals surface area contributed by atoms with Gasteiger partial charge in [0.25, 0.3) is 5.91 Å². The number of rotatable bonds is 2. The van der Waals surface area contributed by atoms with E-state index in [9.17, 15) is 4.79 Å². The Morgan fingerprint density at radius 1 is 1.19 bits per heavy atom. The molecule has 1 aliphatic rings. The average molecular weight is 430 g/mol. The molecular formula is C21H19BN6O2S. The SMILES string of the molecule is CN1CC[C@H](O)C1=O.[B]c1nc(N)c2nc(-c3cccc(-c4nccs4)c3)ccc2n1. The Morgan fingerprint density at radius 3 is 2.65 bits per heavy atom. The molecule has 8 nitrogen and oxygen atoms in total. The first-order valence-electron chi connectivity index (χ1n) is 9.55. The predicted molar refractivity (Wildman–Crippen MR) is 122 cm³/mol. The van der Waals surface area contributed by atoms with Crippen LogP contribution in [-0.2, 0) is 4.79 Å². The molecule has 4 aromatic rings. The van der Waals surface area contributed by atoms with Crippen molar-refractivity contribution in [2.75, 3.05) is 19.3 Å². The molecule has 0 unspecified atom stereocenters. The summed E-state index contributed by atoms with van der Waals surface area (Å²) in [5.74, 6) is 0.135. The number of aliphatic hydroxyl groups is 1. The molecule has 0 spiro atoms. The van der Waals surface area contributed by atoms with Crippen LogP contribution < -0.4 is 11.5 Å². The number of hydrogen-bond donors (Lipinski definition) is 2. The first kappa shape index (κ1) is 20.9. The van der Waals surface area contributed by atoms with Gasteiger partial charge in [0.2, 0.25) is 0 Å². The number of nitrogen functional groups attached to an aromatic ring is 1. The maximum absolute atomic E-state index is 10.6. The molecule has 3 aromatic heterocycles. The van der Waals surface area contributed by atoms with Crippen LogP contribution in [-0.4, -0.2) is 63.4 Å². The molecule has 3 N–H and O–H groups in total. The average Bonchev–Trinajstić information content (AvgIpc) is 3.41. The highest BCUT2D eigenvalue weighted by Crippen LogP contribution is 2.27. The summed E-state index contributed by atoms with van der Waals surface area (Å²) in [5, 5.41) is 11.7. The zero-order valence-corrected chi connectivity index (χ0v) is 17.6. The Bertz CT molecular complexity index is 1220. The minimum absolute atomic E-state index is 0.148. The molecule has 2 radical (unpaired) electrons. The molecule has 154 valence electrons. The largest absolute Gasteiger partial charge is 0.383 e. The van der Waals surface area contributed by atoms with E-state index >= 15 is 0 Å². The fourth-order valence-electron chi connectivity index (χ4n) is 3.20. The number of likely N-dealkylation sites (tertiary alicyclic amines) is 1. The van der Waals surface area contributed by atoms with E-state index in [1.54, 1.807) is 24.6 Å². The van der Waals surface area contributed by atoms with Crippen LogP contribution in [0.5, 0.6) is 0 Å². The minimum Gasteiger partial charge on any atom is -0.383 e. The number of thiazole rings is 1. The summed E-state index contributed by atoms with van der Waals surface area (Å²) in [6.45, 7) is 0.694. The summed E-state index contributed by atoms with van der Waals surface area (Å²) in [6.07, 6.45) is 1.67. The van der Waals surface area contributed by atoms with Gasteiger partial charge < -0.3 is 15.7 Å². The fraction of sp³-hybridized carbons (Fsp3) is 0.190. The van der Waals surface area contributed by atoms with E-state index in [1.807, 2.05) is 35.7 Å². The van der Waals surface area contributed by atoms with E-state index in [0.29, 0.717) is 24.0 Å². The summed E-state index contributed by atoms with van der Waals surface area (Å²) in [4.78, 5) is 29.2. The van der Waals surface area contributed by atoms with Gasteiger partial charge in [0.05, 0.1) is 16.9 Å². The van der Waals surface area contributed by atoms with Crippen LogP contribution in [0, 0.1) is 0 Å². The van der Waals surface area contributed by atoms with Gasteiger partial charge in [-0.1, -0.05) is 18.2 Å². The molecule has 10 heteroatoms. The first-order valence-corrected chi connectivity index (χ1v) is 10.4. The van der Waals surface area contributed by atoms with Crippen LogP contribution in [0.2, 0.25) is 0 Å². The third-order valence-corrected chi connectivity index (χ3v) is 5.65. The summed E-state index contributed by atoms with van der Waals surface area (Å²) in [6, 6.07) is 11.8. The van der Waals surface area contributed by atoms with Gasteiger partial charge in [-0.2, -0.15) is 0 Å². The third kappa shape index (κ3) is 4.55. The topological polar surface area (TPSA) is 118 Å². The lowest BCUT2D eigenvalue weighted by Crippen LogP contribution is -2.24. The van der Waals surface area contributed by atoms with Crippen molar-refractivity contribution in [1.29, 1.82) is 0 Å². The summed E-state index contributed by atoms with van der Waals surface area (Å²) in [5.41, 5.74) is 10.1. The molecule has 0 saturated carbocycles. The molecule has 1 fully saturated rings. The van der Waals surface area contributed by atoms with Crippen molar-refractivity contribution in [3.05, 3.63) is 48.0 Å². The van der Waals surface area contributed by atoms with Crippen LogP contribution in [0.15, 0.2) is 48.0 Å². The molecule has 4 heterocycles. The van der Waals surface area contributed by atoms with Crippen molar-refractivity contribution >= 4 is 47.7 Å². The normalized spacial score (nSPS) is 15.7. The van der Waals surface area contributed by atoms with Crippen LogP contribution in [0.1, 0.15) is 6.42 Å². The Balaban J connectivity index is 0.000000245. The molecule has 1 atom stereocenters. The van der Waals surface area contributed by atoms with Gasteiger partial charge in [0.1, 0.15) is 16.6 Å². The molecule has 1 saturated heterocycles.